The maximum absolute atomic E-state index is 12.7. The molecule has 3 N–H and O–H groups in total. The maximum atomic E-state index is 12.7. The van der Waals surface area contributed by atoms with Crippen molar-refractivity contribution in [1.29, 1.82) is 0 Å². The average Bonchev–Trinajstić information content (AvgIpc) is 2.94. The quantitative estimate of drug-likeness (QED) is 0.589. The Morgan fingerprint density at radius 1 is 0.893 bits per heavy atom. The highest BCUT2D eigenvalue weighted by atomic mass is 16.2. The van der Waals surface area contributed by atoms with Crippen LogP contribution in [0.4, 0.5) is 11.4 Å². The molecule has 0 saturated carbocycles. The van der Waals surface area contributed by atoms with Gasteiger partial charge in [-0.3, -0.25) is 24.2 Å². The molecule has 0 spiro atoms. The first-order chi connectivity index (χ1) is 13.5. The van der Waals surface area contributed by atoms with E-state index in [1.165, 1.54) is 18.2 Å². The minimum atomic E-state index is -0.764. The van der Waals surface area contributed by atoms with Gasteiger partial charge in [0.05, 0.1) is 16.8 Å². The van der Waals surface area contributed by atoms with Gasteiger partial charge in [-0.25, -0.2) is 9.69 Å². The van der Waals surface area contributed by atoms with Gasteiger partial charge < -0.3 is 10.3 Å². The van der Waals surface area contributed by atoms with Crippen LogP contribution in [0.25, 0.3) is 0 Å². The molecule has 0 fully saturated rings. The van der Waals surface area contributed by atoms with Gasteiger partial charge in [0.2, 0.25) is 0 Å². The number of nitrogens with zero attached hydrogens (tertiary/aromatic N) is 1. The Kier molecular flexibility index (Phi) is 3.96. The Bertz CT molecular complexity index is 1240. The van der Waals surface area contributed by atoms with Crippen molar-refractivity contribution in [3.05, 3.63) is 92.3 Å². The fourth-order valence-electron chi connectivity index (χ4n) is 2.89. The number of carbonyl (C=O) groups excluding carboxylic acids is 3. The lowest BCUT2D eigenvalue weighted by Crippen LogP contribution is -2.29. The third-order valence-electron chi connectivity index (χ3n) is 4.23. The molecule has 9 heteroatoms. The number of H-pyrrole nitrogens is 2. The number of nitrogens with one attached hydrogen (secondary N) is 3. The summed E-state index contributed by atoms with van der Waals surface area (Å²) >= 11 is 0. The number of amides is 3. The minimum absolute atomic E-state index is 0.0837. The first kappa shape index (κ1) is 17.2. The number of para-hydroxylation sites is 1. The van der Waals surface area contributed by atoms with Crippen molar-refractivity contribution in [2.45, 2.75) is 0 Å². The molecule has 0 radical (unpaired) electrons. The molecule has 1 aromatic heterocycles. The predicted octanol–water partition coefficient (Wildman–Crippen LogP) is 1.12. The van der Waals surface area contributed by atoms with Crippen molar-refractivity contribution >= 4 is 29.1 Å². The standard InChI is InChI=1S/C19H12N4O5/c24-15(21-14-9-20-19(28)22-16(14)25)10-6-7-12-13(8-10)18(27)23(17(12)26)11-4-2-1-3-5-11/h1-9H,(H,21,24)(H2,20,22,25,28). The Morgan fingerprint density at radius 2 is 1.61 bits per heavy atom. The summed E-state index contributed by atoms with van der Waals surface area (Å²) in [5.74, 6) is -1.68. The van der Waals surface area contributed by atoms with Crippen LogP contribution in [0.5, 0.6) is 0 Å². The lowest BCUT2D eigenvalue weighted by Gasteiger charge is -2.13. The monoisotopic (exact) mass is 376 g/mol. The van der Waals surface area contributed by atoms with E-state index in [4.69, 9.17) is 0 Å². The van der Waals surface area contributed by atoms with E-state index in [-0.39, 0.29) is 22.4 Å². The van der Waals surface area contributed by atoms with Gasteiger partial charge in [-0.05, 0) is 30.3 Å². The van der Waals surface area contributed by atoms with E-state index in [1.807, 2.05) is 4.98 Å². The predicted molar refractivity (Wildman–Crippen MR) is 99.7 cm³/mol. The van der Waals surface area contributed by atoms with E-state index in [2.05, 4.69) is 10.3 Å². The second-order valence-electron chi connectivity index (χ2n) is 5.98. The fourth-order valence-corrected chi connectivity index (χ4v) is 2.89. The van der Waals surface area contributed by atoms with E-state index < -0.39 is 29.0 Å². The van der Waals surface area contributed by atoms with Crippen LogP contribution in [0.15, 0.2) is 64.3 Å². The SMILES string of the molecule is O=C(Nc1c[nH]c(=O)[nH]c1=O)c1ccc2c(c1)C(=O)N(c1ccccc1)C2=O. The number of carbonyl (C=O) groups is 3. The first-order valence-electron chi connectivity index (χ1n) is 8.17. The molecule has 0 aliphatic carbocycles. The van der Waals surface area contributed by atoms with Crippen molar-refractivity contribution in [1.82, 2.24) is 9.97 Å². The molecule has 3 amide bonds. The largest absolute Gasteiger partial charge is 0.325 e. The smallest absolute Gasteiger partial charge is 0.316 e. The number of fused-ring (bicyclic) bond motifs is 1. The van der Waals surface area contributed by atoms with Gasteiger partial charge in [0, 0.05) is 11.8 Å². The van der Waals surface area contributed by atoms with Crippen LogP contribution in [0, 0.1) is 0 Å². The van der Waals surface area contributed by atoms with Crippen molar-refractivity contribution in [2.24, 2.45) is 0 Å². The molecule has 3 aromatic rings. The van der Waals surface area contributed by atoms with E-state index in [1.54, 1.807) is 30.3 Å². The molecule has 0 unspecified atom stereocenters. The highest BCUT2D eigenvalue weighted by Gasteiger charge is 2.37. The van der Waals surface area contributed by atoms with Gasteiger partial charge in [-0.2, -0.15) is 0 Å². The van der Waals surface area contributed by atoms with Gasteiger partial charge >= 0.3 is 5.69 Å². The van der Waals surface area contributed by atoms with E-state index in [0.717, 1.165) is 11.1 Å². The number of aromatic nitrogens is 2. The molecule has 2 aromatic carbocycles. The lowest BCUT2D eigenvalue weighted by molar-refractivity contribution is 0.0925. The summed E-state index contributed by atoms with van der Waals surface area (Å²) < 4.78 is 0. The Hall–Kier alpha value is -4.27. The number of benzene rings is 2. The third-order valence-corrected chi connectivity index (χ3v) is 4.23. The van der Waals surface area contributed by atoms with Crippen LogP contribution < -0.4 is 21.5 Å². The summed E-state index contributed by atoms with van der Waals surface area (Å²) in [4.78, 5) is 65.7. The number of rotatable bonds is 3. The minimum Gasteiger partial charge on any atom is -0.316 e. The summed E-state index contributed by atoms with van der Waals surface area (Å²) in [6.07, 6.45) is 1.07. The Balaban J connectivity index is 1.65. The summed E-state index contributed by atoms with van der Waals surface area (Å²) in [6.45, 7) is 0. The zero-order valence-electron chi connectivity index (χ0n) is 14.2. The zero-order chi connectivity index (χ0) is 19.8. The molecular formula is C19H12N4O5. The summed E-state index contributed by atoms with van der Waals surface area (Å²) in [5, 5.41) is 2.35. The summed E-state index contributed by atoms with van der Waals surface area (Å²) in [5.41, 5.74) is -0.826. The second kappa shape index (κ2) is 6.47. The van der Waals surface area contributed by atoms with Crippen LogP contribution in [-0.2, 0) is 0 Å². The van der Waals surface area contributed by atoms with Crippen LogP contribution in [0.2, 0.25) is 0 Å². The molecule has 9 nitrogen and oxygen atoms in total. The molecule has 2 heterocycles. The highest BCUT2D eigenvalue weighted by Crippen LogP contribution is 2.29. The third kappa shape index (κ3) is 2.80. The molecule has 138 valence electrons. The Morgan fingerprint density at radius 3 is 2.32 bits per heavy atom. The topological polar surface area (TPSA) is 132 Å². The normalized spacial score (nSPS) is 12.8. The fraction of sp³-hybridized carbons (Fsp3) is 0. The maximum Gasteiger partial charge on any atom is 0.325 e. The molecule has 0 bridgehead atoms. The average molecular weight is 376 g/mol. The van der Waals surface area contributed by atoms with Gasteiger partial charge in [-0.15, -0.1) is 0 Å². The molecule has 0 saturated heterocycles. The molecular weight excluding hydrogens is 364 g/mol. The van der Waals surface area contributed by atoms with E-state index in [9.17, 15) is 24.0 Å². The summed E-state index contributed by atoms with van der Waals surface area (Å²) in [7, 11) is 0. The lowest BCUT2D eigenvalue weighted by atomic mass is 10.1. The Labute approximate surface area is 156 Å². The van der Waals surface area contributed by atoms with Crippen LogP contribution in [0.1, 0.15) is 31.1 Å². The molecule has 4 rings (SSSR count). The van der Waals surface area contributed by atoms with Gasteiger partial charge in [-0.1, -0.05) is 18.2 Å². The second-order valence-corrected chi connectivity index (χ2v) is 5.98. The molecule has 28 heavy (non-hydrogen) atoms. The van der Waals surface area contributed by atoms with Crippen molar-refractivity contribution in [3.8, 4) is 0 Å². The highest BCUT2D eigenvalue weighted by molar-refractivity contribution is 6.34. The van der Waals surface area contributed by atoms with Gasteiger partial charge in [0.25, 0.3) is 23.3 Å². The van der Waals surface area contributed by atoms with Crippen LogP contribution in [-0.4, -0.2) is 27.7 Å². The van der Waals surface area contributed by atoms with Gasteiger partial charge in [0.15, 0.2) is 0 Å². The van der Waals surface area contributed by atoms with Crippen LogP contribution in [0.3, 0.4) is 0 Å². The number of imide groups is 1. The number of aromatic amines is 2. The van der Waals surface area contributed by atoms with Crippen molar-refractivity contribution in [3.63, 3.8) is 0 Å². The molecule has 1 aliphatic heterocycles. The molecule has 1 aliphatic rings. The van der Waals surface area contributed by atoms with E-state index in [0.29, 0.717) is 5.69 Å². The number of anilines is 2. The zero-order valence-corrected chi connectivity index (χ0v) is 14.2. The summed E-state index contributed by atoms with van der Waals surface area (Å²) in [6, 6.07) is 12.5. The van der Waals surface area contributed by atoms with Crippen molar-refractivity contribution < 1.29 is 14.4 Å². The van der Waals surface area contributed by atoms with Gasteiger partial charge in [0.1, 0.15) is 5.69 Å². The van der Waals surface area contributed by atoms with E-state index >= 15 is 0 Å². The molecule has 0 atom stereocenters. The van der Waals surface area contributed by atoms with Crippen LogP contribution >= 0.6 is 0 Å². The number of hydrogen-bond donors (Lipinski definition) is 3. The first-order valence-corrected chi connectivity index (χ1v) is 8.17. The number of hydrogen-bond acceptors (Lipinski definition) is 5. The van der Waals surface area contributed by atoms with Crippen molar-refractivity contribution in [2.75, 3.05) is 10.2 Å².